The fourth-order valence-electron chi connectivity index (χ4n) is 5.68. The van der Waals surface area contributed by atoms with Crippen LogP contribution < -0.4 is 27.2 Å². The number of alkyl halides is 6. The van der Waals surface area contributed by atoms with Crippen molar-refractivity contribution in [2.45, 2.75) is 50.6 Å². The molecule has 0 unspecified atom stereocenters. The summed E-state index contributed by atoms with van der Waals surface area (Å²) < 4.78 is 84.7. The minimum atomic E-state index is -4.51. The first-order chi connectivity index (χ1) is 22.5. The van der Waals surface area contributed by atoms with Crippen molar-refractivity contribution in [1.29, 1.82) is 0 Å². The predicted molar refractivity (Wildman–Crippen MR) is 173 cm³/mol. The van der Waals surface area contributed by atoms with Gasteiger partial charge in [0, 0.05) is 48.6 Å². The lowest BCUT2D eigenvalue weighted by Crippen LogP contribution is -2.52. The molecule has 8 nitrogen and oxygen atoms in total. The van der Waals surface area contributed by atoms with Crippen molar-refractivity contribution in [3.63, 3.8) is 0 Å². The molecule has 4 N–H and O–H groups in total. The van der Waals surface area contributed by atoms with Crippen molar-refractivity contribution >= 4 is 44.7 Å². The van der Waals surface area contributed by atoms with Gasteiger partial charge in [-0.1, -0.05) is 29.7 Å². The lowest BCUT2D eigenvalue weighted by atomic mass is 9.92. The molecule has 1 aliphatic carbocycles. The Balaban J connectivity index is 1.48. The van der Waals surface area contributed by atoms with Crippen LogP contribution in [0.4, 0.5) is 37.7 Å². The van der Waals surface area contributed by atoms with Crippen molar-refractivity contribution in [1.82, 2.24) is 25.5 Å². The summed E-state index contributed by atoms with van der Waals surface area (Å²) in [6, 6.07) is 9.09. The Labute approximate surface area is 276 Å². The van der Waals surface area contributed by atoms with E-state index >= 15 is 0 Å². The average Bonchev–Trinajstić information content (AvgIpc) is 3.71. The van der Waals surface area contributed by atoms with Crippen LogP contribution >= 0.6 is 11.6 Å². The van der Waals surface area contributed by atoms with Gasteiger partial charge in [-0.25, -0.2) is 0 Å². The first kappa shape index (κ1) is 33.3. The fourth-order valence-corrected chi connectivity index (χ4v) is 5.95. The third-order valence-electron chi connectivity index (χ3n) is 8.94. The SMILES string of the molecule is C#Cc1cnc2c(Cl)cc(N[C@H](C3=CN(C4(C(F)(F)F)CC4)NN3)c3cccc4c(=O)n(C)ccc34)cc2c1NCC(C)(C)C(F)(F)F. The summed E-state index contributed by atoms with van der Waals surface area (Å²) in [4.78, 5) is 17.4. The number of hydrogen-bond acceptors (Lipinski definition) is 7. The zero-order chi connectivity index (χ0) is 34.8. The van der Waals surface area contributed by atoms with E-state index in [-0.39, 0.29) is 40.2 Å². The summed E-state index contributed by atoms with van der Waals surface area (Å²) in [5.74, 6) is 2.45. The maximum Gasteiger partial charge on any atom is 0.413 e. The quantitative estimate of drug-likeness (QED) is 0.116. The van der Waals surface area contributed by atoms with Crippen LogP contribution in [-0.4, -0.2) is 39.0 Å². The molecular formula is C33H30ClF6N7O. The number of nitrogens with zero attached hydrogens (tertiary/aromatic N) is 3. The normalized spacial score (nSPS) is 16.8. The van der Waals surface area contributed by atoms with Gasteiger partial charge in [0.2, 0.25) is 0 Å². The molecule has 0 saturated heterocycles. The Morgan fingerprint density at radius 3 is 2.48 bits per heavy atom. The van der Waals surface area contributed by atoms with Crippen molar-refractivity contribution < 1.29 is 26.3 Å². The highest BCUT2D eigenvalue weighted by atomic mass is 35.5. The van der Waals surface area contributed by atoms with E-state index in [0.29, 0.717) is 33.1 Å². The molecular weight excluding hydrogens is 660 g/mol. The Hall–Kier alpha value is -4.61. The molecule has 0 radical (unpaired) electrons. The third-order valence-corrected chi connectivity index (χ3v) is 9.23. The number of rotatable bonds is 8. The number of terminal acetylenes is 1. The number of pyridine rings is 2. The summed E-state index contributed by atoms with van der Waals surface area (Å²) in [6.45, 7) is 1.61. The van der Waals surface area contributed by atoms with E-state index in [0.717, 1.165) is 18.9 Å². The zero-order valence-corrected chi connectivity index (χ0v) is 26.6. The summed E-state index contributed by atoms with van der Waals surface area (Å²) >= 11 is 6.67. The van der Waals surface area contributed by atoms with Crippen molar-refractivity contribution in [3.05, 3.63) is 87.2 Å². The Bertz CT molecular complexity index is 2060. The highest BCUT2D eigenvalue weighted by molar-refractivity contribution is 6.35. The molecule has 6 rings (SSSR count). The van der Waals surface area contributed by atoms with E-state index in [1.165, 1.54) is 17.0 Å². The highest BCUT2D eigenvalue weighted by Gasteiger charge is 2.67. The van der Waals surface area contributed by atoms with Gasteiger partial charge in [-0.2, -0.15) is 26.3 Å². The van der Waals surface area contributed by atoms with E-state index in [1.54, 1.807) is 49.6 Å². The number of benzene rings is 2. The molecule has 0 spiro atoms. The van der Waals surface area contributed by atoms with Crippen LogP contribution in [0, 0.1) is 17.8 Å². The molecule has 2 aromatic heterocycles. The van der Waals surface area contributed by atoms with E-state index in [9.17, 15) is 31.1 Å². The molecule has 1 atom stereocenters. The minimum absolute atomic E-state index is 0.0942. The first-order valence-corrected chi connectivity index (χ1v) is 15.2. The highest BCUT2D eigenvalue weighted by Crippen LogP contribution is 2.54. The topological polar surface area (TPSA) is 86.2 Å². The van der Waals surface area contributed by atoms with Gasteiger partial charge in [0.05, 0.1) is 38.9 Å². The molecule has 0 bridgehead atoms. The van der Waals surface area contributed by atoms with E-state index < -0.39 is 35.9 Å². The Kier molecular flexibility index (Phi) is 7.99. The first-order valence-electron chi connectivity index (χ1n) is 14.8. The number of nitrogens with one attached hydrogen (secondary N) is 4. The lowest BCUT2D eigenvalue weighted by molar-refractivity contribution is -0.206. The van der Waals surface area contributed by atoms with Crippen molar-refractivity contribution in [2.24, 2.45) is 12.5 Å². The zero-order valence-electron chi connectivity index (χ0n) is 25.9. The second kappa shape index (κ2) is 11.5. The van der Waals surface area contributed by atoms with Crippen LogP contribution in [0.15, 0.2) is 65.5 Å². The summed E-state index contributed by atoms with van der Waals surface area (Å²) in [7, 11) is 1.61. The second-order valence-corrected chi connectivity index (χ2v) is 13.0. The molecule has 4 aromatic rings. The summed E-state index contributed by atoms with van der Waals surface area (Å²) in [6.07, 6.45) is 0.779. The van der Waals surface area contributed by atoms with Crippen LogP contribution in [0.2, 0.25) is 5.02 Å². The number of aromatic nitrogens is 2. The molecule has 48 heavy (non-hydrogen) atoms. The smallest absolute Gasteiger partial charge is 0.383 e. The number of hydrogen-bond donors (Lipinski definition) is 4. The predicted octanol–water partition coefficient (Wildman–Crippen LogP) is 7.14. The molecule has 2 aliphatic rings. The van der Waals surface area contributed by atoms with E-state index in [4.69, 9.17) is 18.0 Å². The number of aryl methyl sites for hydroxylation is 1. The summed E-state index contributed by atoms with van der Waals surface area (Å²) in [5, 5.41) is 8.60. The van der Waals surface area contributed by atoms with E-state index in [1.807, 2.05) is 0 Å². The molecule has 1 fully saturated rings. The number of fused-ring (bicyclic) bond motifs is 2. The van der Waals surface area contributed by atoms with Gasteiger partial charge in [-0.3, -0.25) is 14.8 Å². The Morgan fingerprint density at radius 2 is 1.83 bits per heavy atom. The lowest BCUT2D eigenvalue weighted by Gasteiger charge is -2.29. The molecule has 1 saturated carbocycles. The molecule has 15 heteroatoms. The summed E-state index contributed by atoms with van der Waals surface area (Å²) in [5.41, 5.74) is 2.94. The second-order valence-electron chi connectivity index (χ2n) is 12.6. The molecule has 0 amide bonds. The van der Waals surface area contributed by atoms with Crippen LogP contribution in [0.5, 0.6) is 0 Å². The van der Waals surface area contributed by atoms with Gasteiger partial charge in [-0.15, -0.1) is 12.0 Å². The van der Waals surface area contributed by atoms with Crippen molar-refractivity contribution in [2.75, 3.05) is 17.2 Å². The maximum absolute atomic E-state index is 14.0. The monoisotopic (exact) mass is 689 g/mol. The average molecular weight is 690 g/mol. The molecule has 1 aliphatic heterocycles. The maximum atomic E-state index is 14.0. The van der Waals surface area contributed by atoms with Gasteiger partial charge < -0.3 is 20.6 Å². The van der Waals surface area contributed by atoms with E-state index in [2.05, 4.69) is 32.5 Å². The molecule has 2 aromatic carbocycles. The fraction of sp³-hybridized carbons (Fsp3) is 0.333. The van der Waals surface area contributed by atoms with Gasteiger partial charge in [0.1, 0.15) is 0 Å². The standard InChI is InChI=1S/C33H30ClF6N7O/c1-5-18-15-41-27-23(26(18)42-17-30(2,3)32(35,36)37)13-19(14-24(27)34)43-28(21-7-6-8-22-20(21)9-12-46(4)29(22)48)25-16-47(45-44-25)31(10-11-31)33(38,39)40/h1,6-9,12-16,28,43-45H,10-11,17H2,2-4H3,(H,41,42)/t28-/m0/s1. The van der Waals surface area contributed by atoms with Gasteiger partial charge >= 0.3 is 12.4 Å². The Morgan fingerprint density at radius 1 is 1.10 bits per heavy atom. The number of halogens is 7. The van der Waals surface area contributed by atoms with Gasteiger partial charge in [-0.05, 0) is 61.9 Å². The third kappa shape index (κ3) is 5.64. The van der Waals surface area contributed by atoms with Gasteiger partial charge in [0.15, 0.2) is 5.54 Å². The van der Waals surface area contributed by atoms with Crippen LogP contribution in [0.3, 0.4) is 0 Å². The largest absolute Gasteiger partial charge is 0.413 e. The van der Waals surface area contributed by atoms with Crippen LogP contribution in [-0.2, 0) is 7.05 Å². The number of anilines is 2. The van der Waals surface area contributed by atoms with Crippen molar-refractivity contribution in [3.8, 4) is 12.3 Å². The molecule has 252 valence electrons. The van der Waals surface area contributed by atoms with Crippen LogP contribution in [0.25, 0.3) is 21.7 Å². The van der Waals surface area contributed by atoms with Gasteiger partial charge in [0.25, 0.3) is 5.56 Å². The number of hydrazine groups is 2. The molecule has 3 heterocycles. The van der Waals surface area contributed by atoms with Crippen LogP contribution in [0.1, 0.15) is 43.9 Å². The minimum Gasteiger partial charge on any atom is -0.383 e.